The van der Waals surface area contributed by atoms with Crippen LogP contribution in [0.15, 0.2) is 52.5 Å². The van der Waals surface area contributed by atoms with Crippen molar-refractivity contribution in [2.24, 2.45) is 5.10 Å². The molecule has 2 rings (SSSR count). The summed E-state index contributed by atoms with van der Waals surface area (Å²) in [7, 11) is -0.498. The molecule has 0 saturated carbocycles. The number of hydrazone groups is 1. The van der Waals surface area contributed by atoms with Crippen LogP contribution < -0.4 is 14.9 Å². The molecule has 2 aromatic carbocycles. The van der Waals surface area contributed by atoms with Gasteiger partial charge in [0.15, 0.2) is 11.5 Å². The first kappa shape index (κ1) is 24.4. The Kier molecular flexibility index (Phi) is 9.02. The van der Waals surface area contributed by atoms with Crippen molar-refractivity contribution in [1.82, 2.24) is 9.73 Å². The molecule has 168 valence electrons. The second-order valence-corrected chi connectivity index (χ2v) is 8.68. The van der Waals surface area contributed by atoms with Gasteiger partial charge in [-0.1, -0.05) is 13.8 Å². The molecular weight excluding hydrogens is 418 g/mol. The Bertz CT molecular complexity index is 998. The van der Waals surface area contributed by atoms with Gasteiger partial charge in [0.1, 0.15) is 0 Å². The number of carbonyl (C=O) groups is 1. The summed E-state index contributed by atoms with van der Waals surface area (Å²) in [6.07, 6.45) is 2.95. The summed E-state index contributed by atoms with van der Waals surface area (Å²) in [5.74, 6) is 0.699. The fourth-order valence-corrected chi connectivity index (χ4v) is 4.57. The topological polar surface area (TPSA) is 97.3 Å². The largest absolute Gasteiger partial charge is 0.493 e. The van der Waals surface area contributed by atoms with E-state index in [2.05, 4.69) is 10.5 Å². The third kappa shape index (κ3) is 6.28. The van der Waals surface area contributed by atoms with Gasteiger partial charge in [0.2, 0.25) is 10.0 Å². The van der Waals surface area contributed by atoms with Gasteiger partial charge in [0.05, 0.1) is 25.3 Å². The first-order chi connectivity index (χ1) is 14.9. The molecular formula is C22H29N3O5S. The van der Waals surface area contributed by atoms with Crippen molar-refractivity contribution in [3.63, 3.8) is 0 Å². The molecule has 0 spiro atoms. The number of sulfonamides is 1. The number of hydrogen-bond acceptors (Lipinski definition) is 6. The lowest BCUT2D eigenvalue weighted by atomic mass is 10.2. The van der Waals surface area contributed by atoms with Crippen molar-refractivity contribution in [2.45, 2.75) is 31.6 Å². The summed E-state index contributed by atoms with van der Waals surface area (Å²) < 4.78 is 37.5. The van der Waals surface area contributed by atoms with Gasteiger partial charge in [-0.25, -0.2) is 13.8 Å². The van der Waals surface area contributed by atoms with E-state index in [0.29, 0.717) is 35.7 Å². The van der Waals surface area contributed by atoms with Gasteiger partial charge in [-0.05, 0) is 60.9 Å². The van der Waals surface area contributed by atoms with E-state index < -0.39 is 15.9 Å². The minimum absolute atomic E-state index is 0.166. The number of amides is 1. The smallest absolute Gasteiger partial charge is 0.271 e. The van der Waals surface area contributed by atoms with E-state index in [-0.39, 0.29) is 4.90 Å². The van der Waals surface area contributed by atoms with Crippen molar-refractivity contribution in [3.8, 4) is 11.5 Å². The van der Waals surface area contributed by atoms with Crippen LogP contribution in [0.1, 0.15) is 42.6 Å². The van der Waals surface area contributed by atoms with Gasteiger partial charge in [-0.3, -0.25) is 4.79 Å². The third-order valence-electron chi connectivity index (χ3n) is 4.49. The van der Waals surface area contributed by atoms with Crippen molar-refractivity contribution in [1.29, 1.82) is 0 Å². The van der Waals surface area contributed by atoms with E-state index in [4.69, 9.17) is 9.47 Å². The van der Waals surface area contributed by atoms with E-state index in [1.807, 2.05) is 13.8 Å². The van der Waals surface area contributed by atoms with Crippen LogP contribution in [0.3, 0.4) is 0 Å². The summed E-state index contributed by atoms with van der Waals surface area (Å²) in [6, 6.07) is 11.1. The summed E-state index contributed by atoms with van der Waals surface area (Å²) in [4.78, 5) is 12.5. The Morgan fingerprint density at radius 3 is 2.16 bits per heavy atom. The SMILES string of the molecule is CCCN(CCC)S(=O)(=O)c1ccc(C(=O)NN=Cc2ccc(OC)c(OC)c2)cc1. The van der Waals surface area contributed by atoms with Crippen molar-refractivity contribution in [3.05, 3.63) is 53.6 Å². The highest BCUT2D eigenvalue weighted by Gasteiger charge is 2.23. The Morgan fingerprint density at radius 1 is 1.00 bits per heavy atom. The molecule has 0 aliphatic carbocycles. The Morgan fingerprint density at radius 2 is 1.61 bits per heavy atom. The zero-order chi connectivity index (χ0) is 22.9. The second-order valence-electron chi connectivity index (χ2n) is 6.74. The number of carbonyl (C=O) groups excluding carboxylic acids is 1. The molecule has 31 heavy (non-hydrogen) atoms. The molecule has 0 heterocycles. The third-order valence-corrected chi connectivity index (χ3v) is 6.40. The minimum Gasteiger partial charge on any atom is -0.493 e. The van der Waals surface area contributed by atoms with Crippen molar-refractivity contribution < 1.29 is 22.7 Å². The summed E-state index contributed by atoms with van der Waals surface area (Å²) in [5.41, 5.74) is 3.45. The van der Waals surface area contributed by atoms with E-state index in [1.54, 1.807) is 25.3 Å². The summed E-state index contributed by atoms with van der Waals surface area (Å²) >= 11 is 0. The molecule has 1 N–H and O–H groups in total. The highest BCUT2D eigenvalue weighted by Crippen LogP contribution is 2.26. The maximum atomic E-state index is 12.8. The fraction of sp³-hybridized carbons (Fsp3) is 0.364. The number of benzene rings is 2. The van der Waals surface area contributed by atoms with E-state index in [9.17, 15) is 13.2 Å². The lowest BCUT2D eigenvalue weighted by Gasteiger charge is -2.21. The molecule has 8 nitrogen and oxygen atoms in total. The maximum absolute atomic E-state index is 12.8. The van der Waals surface area contributed by atoms with Crippen LogP contribution in [-0.2, 0) is 10.0 Å². The molecule has 0 saturated heterocycles. The van der Waals surface area contributed by atoms with Crippen LogP contribution in [0.4, 0.5) is 0 Å². The Labute approximate surface area is 183 Å². The van der Waals surface area contributed by atoms with Crippen LogP contribution in [-0.4, -0.2) is 52.2 Å². The van der Waals surface area contributed by atoms with E-state index in [1.165, 1.54) is 41.9 Å². The Balaban J connectivity index is 2.08. The first-order valence-corrected chi connectivity index (χ1v) is 11.5. The standard InChI is InChI=1S/C22H29N3O5S/c1-5-13-25(14-6-2)31(27,28)19-10-8-18(9-11-19)22(26)24-23-16-17-7-12-20(29-3)21(15-17)30-4/h7-12,15-16H,5-6,13-14H2,1-4H3,(H,24,26). The normalized spacial score (nSPS) is 11.6. The zero-order valence-corrected chi connectivity index (χ0v) is 19.1. The van der Waals surface area contributed by atoms with Crippen LogP contribution in [0.2, 0.25) is 0 Å². The summed E-state index contributed by atoms with van der Waals surface area (Å²) in [5, 5.41) is 3.95. The number of ether oxygens (including phenoxy) is 2. The maximum Gasteiger partial charge on any atom is 0.271 e. The van der Waals surface area contributed by atoms with E-state index >= 15 is 0 Å². The molecule has 1 amide bonds. The Hall–Kier alpha value is -2.91. The quantitative estimate of drug-likeness (QED) is 0.421. The monoisotopic (exact) mass is 447 g/mol. The highest BCUT2D eigenvalue weighted by molar-refractivity contribution is 7.89. The molecule has 0 bridgehead atoms. The van der Waals surface area contributed by atoms with Crippen molar-refractivity contribution >= 4 is 22.1 Å². The lowest BCUT2D eigenvalue weighted by molar-refractivity contribution is 0.0955. The average Bonchev–Trinajstić information content (AvgIpc) is 2.78. The second kappa shape index (κ2) is 11.5. The number of nitrogens with zero attached hydrogens (tertiary/aromatic N) is 2. The molecule has 0 atom stereocenters. The minimum atomic E-state index is -3.58. The first-order valence-electron chi connectivity index (χ1n) is 10.0. The van der Waals surface area contributed by atoms with Gasteiger partial charge < -0.3 is 9.47 Å². The average molecular weight is 448 g/mol. The number of rotatable bonds is 11. The van der Waals surface area contributed by atoms with E-state index in [0.717, 1.165) is 12.8 Å². The molecule has 2 aromatic rings. The zero-order valence-electron chi connectivity index (χ0n) is 18.3. The van der Waals surface area contributed by atoms with Crippen LogP contribution >= 0.6 is 0 Å². The van der Waals surface area contributed by atoms with Gasteiger partial charge >= 0.3 is 0 Å². The van der Waals surface area contributed by atoms with Crippen LogP contribution in [0.5, 0.6) is 11.5 Å². The molecule has 0 unspecified atom stereocenters. The fourth-order valence-electron chi connectivity index (χ4n) is 2.94. The van der Waals surface area contributed by atoms with Gasteiger partial charge in [-0.2, -0.15) is 9.41 Å². The summed E-state index contributed by atoms with van der Waals surface area (Å²) in [6.45, 7) is 4.80. The lowest BCUT2D eigenvalue weighted by Crippen LogP contribution is -2.32. The number of hydrogen-bond donors (Lipinski definition) is 1. The molecule has 0 aliphatic rings. The highest BCUT2D eigenvalue weighted by atomic mass is 32.2. The molecule has 0 radical (unpaired) electrons. The molecule has 0 aromatic heterocycles. The van der Waals surface area contributed by atoms with Gasteiger partial charge in [0, 0.05) is 18.7 Å². The van der Waals surface area contributed by atoms with Crippen LogP contribution in [0.25, 0.3) is 0 Å². The molecule has 0 fully saturated rings. The van der Waals surface area contributed by atoms with Crippen molar-refractivity contribution in [2.75, 3.05) is 27.3 Å². The predicted octanol–water partition coefficient (Wildman–Crippen LogP) is 3.28. The number of methoxy groups -OCH3 is 2. The van der Waals surface area contributed by atoms with Gasteiger partial charge in [0.25, 0.3) is 5.91 Å². The van der Waals surface area contributed by atoms with Gasteiger partial charge in [-0.15, -0.1) is 0 Å². The molecule has 0 aliphatic heterocycles. The van der Waals surface area contributed by atoms with Crippen LogP contribution in [0, 0.1) is 0 Å². The predicted molar refractivity (Wildman–Crippen MR) is 120 cm³/mol. The molecule has 9 heteroatoms. The number of nitrogens with one attached hydrogen (secondary N) is 1.